The molecule has 0 bridgehead atoms. The molecule has 1 aliphatic rings. The Labute approximate surface area is 99.0 Å². The van der Waals surface area contributed by atoms with Crippen LogP contribution >= 0.6 is 11.5 Å². The standard InChI is InChI=1S/C12H15N3S/c1-2-12(13)7-15(8-12)11-9-5-3-4-6-10(9)14-16-11/h3-6H,2,7-8,13H2,1H3. The lowest BCUT2D eigenvalue weighted by atomic mass is 9.88. The number of hydrogen-bond donors (Lipinski definition) is 1. The van der Waals surface area contributed by atoms with Gasteiger partial charge in [0.1, 0.15) is 5.00 Å². The van der Waals surface area contributed by atoms with E-state index in [1.54, 1.807) is 11.5 Å². The lowest BCUT2D eigenvalue weighted by Gasteiger charge is -2.48. The molecule has 0 radical (unpaired) electrons. The van der Waals surface area contributed by atoms with Crippen LogP contribution in [-0.2, 0) is 0 Å². The number of nitrogens with two attached hydrogens (primary N) is 1. The van der Waals surface area contributed by atoms with Gasteiger partial charge in [0, 0.05) is 18.5 Å². The summed E-state index contributed by atoms with van der Waals surface area (Å²) in [6.07, 6.45) is 1.04. The van der Waals surface area contributed by atoms with Crippen LogP contribution in [0.3, 0.4) is 0 Å². The highest BCUT2D eigenvalue weighted by Crippen LogP contribution is 2.36. The molecule has 0 saturated carbocycles. The van der Waals surface area contributed by atoms with Crippen molar-refractivity contribution < 1.29 is 0 Å². The van der Waals surface area contributed by atoms with Crippen LogP contribution in [0.15, 0.2) is 24.3 Å². The zero-order valence-corrected chi connectivity index (χ0v) is 10.1. The van der Waals surface area contributed by atoms with Gasteiger partial charge in [-0.15, -0.1) is 0 Å². The molecule has 3 rings (SSSR count). The van der Waals surface area contributed by atoms with E-state index in [9.17, 15) is 0 Å². The van der Waals surface area contributed by atoms with Crippen molar-refractivity contribution in [1.82, 2.24) is 4.37 Å². The van der Waals surface area contributed by atoms with Crippen LogP contribution in [0.25, 0.3) is 10.9 Å². The molecule has 3 nitrogen and oxygen atoms in total. The molecule has 2 N–H and O–H groups in total. The van der Waals surface area contributed by atoms with Crippen molar-refractivity contribution >= 4 is 27.4 Å². The Morgan fingerprint density at radius 3 is 2.94 bits per heavy atom. The van der Waals surface area contributed by atoms with E-state index >= 15 is 0 Å². The topological polar surface area (TPSA) is 42.1 Å². The second kappa shape index (κ2) is 3.43. The van der Waals surface area contributed by atoms with Gasteiger partial charge in [0.15, 0.2) is 0 Å². The monoisotopic (exact) mass is 233 g/mol. The Bertz CT molecular complexity index is 514. The smallest absolute Gasteiger partial charge is 0.120 e. The zero-order valence-electron chi connectivity index (χ0n) is 9.31. The molecule has 0 unspecified atom stereocenters. The van der Waals surface area contributed by atoms with Crippen molar-refractivity contribution in [3.05, 3.63) is 24.3 Å². The number of aromatic nitrogens is 1. The van der Waals surface area contributed by atoms with Crippen LogP contribution < -0.4 is 10.6 Å². The molecule has 84 valence electrons. The Kier molecular flexibility index (Phi) is 2.16. The van der Waals surface area contributed by atoms with Gasteiger partial charge in [-0.2, -0.15) is 4.37 Å². The molecule has 0 amide bonds. The number of nitrogens with zero attached hydrogens (tertiary/aromatic N) is 2. The van der Waals surface area contributed by atoms with Crippen molar-refractivity contribution in [1.29, 1.82) is 0 Å². The highest BCUT2D eigenvalue weighted by atomic mass is 32.1. The van der Waals surface area contributed by atoms with Crippen LogP contribution in [0.4, 0.5) is 5.00 Å². The average Bonchev–Trinajstić information content (AvgIpc) is 2.68. The molecule has 1 aliphatic heterocycles. The van der Waals surface area contributed by atoms with E-state index in [0.717, 1.165) is 25.0 Å². The predicted molar refractivity (Wildman–Crippen MR) is 69.0 cm³/mol. The van der Waals surface area contributed by atoms with Gasteiger partial charge in [-0.25, -0.2) is 0 Å². The maximum Gasteiger partial charge on any atom is 0.120 e. The normalized spacial score (nSPS) is 18.8. The molecule has 0 aliphatic carbocycles. The minimum absolute atomic E-state index is 0.0189. The third-order valence-electron chi connectivity index (χ3n) is 3.37. The third-order valence-corrected chi connectivity index (χ3v) is 4.31. The van der Waals surface area contributed by atoms with Gasteiger partial charge >= 0.3 is 0 Å². The summed E-state index contributed by atoms with van der Waals surface area (Å²) < 4.78 is 4.45. The van der Waals surface area contributed by atoms with E-state index in [1.165, 1.54) is 10.4 Å². The van der Waals surface area contributed by atoms with Gasteiger partial charge in [0.25, 0.3) is 0 Å². The van der Waals surface area contributed by atoms with Gasteiger partial charge in [-0.3, -0.25) is 0 Å². The highest BCUT2D eigenvalue weighted by molar-refractivity contribution is 7.11. The number of benzene rings is 1. The van der Waals surface area contributed by atoms with Crippen molar-refractivity contribution in [2.45, 2.75) is 18.9 Å². The highest BCUT2D eigenvalue weighted by Gasteiger charge is 2.39. The minimum Gasteiger partial charge on any atom is -0.358 e. The SMILES string of the molecule is CCC1(N)CN(c2snc3ccccc23)C1. The fraction of sp³-hybridized carbons (Fsp3) is 0.417. The summed E-state index contributed by atoms with van der Waals surface area (Å²) in [5.41, 5.74) is 7.30. The fourth-order valence-electron chi connectivity index (χ4n) is 2.18. The van der Waals surface area contributed by atoms with Gasteiger partial charge in [-0.05, 0) is 30.1 Å². The summed E-state index contributed by atoms with van der Waals surface area (Å²) in [6.45, 7) is 4.06. The maximum absolute atomic E-state index is 6.19. The summed E-state index contributed by atoms with van der Waals surface area (Å²) in [5, 5.41) is 2.52. The van der Waals surface area contributed by atoms with Crippen LogP contribution in [-0.4, -0.2) is 23.0 Å². The molecule has 2 heterocycles. The molecule has 1 fully saturated rings. The Morgan fingerprint density at radius 2 is 2.19 bits per heavy atom. The molecule has 1 aromatic heterocycles. The molecule has 2 aromatic rings. The van der Waals surface area contributed by atoms with Gasteiger partial charge in [-0.1, -0.05) is 19.1 Å². The fourth-order valence-corrected chi connectivity index (χ4v) is 3.04. The molecule has 0 atom stereocenters. The Balaban J connectivity index is 1.92. The molecule has 1 saturated heterocycles. The first-order chi connectivity index (χ1) is 7.72. The largest absolute Gasteiger partial charge is 0.358 e. The van der Waals surface area contributed by atoms with Crippen LogP contribution in [0.2, 0.25) is 0 Å². The molecule has 16 heavy (non-hydrogen) atoms. The summed E-state index contributed by atoms with van der Waals surface area (Å²) >= 11 is 1.58. The van der Waals surface area contributed by atoms with Gasteiger partial charge in [0.05, 0.1) is 11.1 Å². The van der Waals surface area contributed by atoms with Crippen molar-refractivity contribution in [3.63, 3.8) is 0 Å². The van der Waals surface area contributed by atoms with E-state index in [4.69, 9.17) is 5.73 Å². The number of anilines is 1. The molecule has 4 heteroatoms. The second-order valence-corrected chi connectivity index (χ2v) is 5.33. The Hall–Kier alpha value is -1.13. The summed E-state index contributed by atoms with van der Waals surface area (Å²) in [7, 11) is 0. The number of rotatable bonds is 2. The quantitative estimate of drug-likeness (QED) is 0.865. The third kappa shape index (κ3) is 1.41. The summed E-state index contributed by atoms with van der Waals surface area (Å²) in [4.78, 5) is 2.34. The van der Waals surface area contributed by atoms with Crippen LogP contribution in [0.1, 0.15) is 13.3 Å². The molecular weight excluding hydrogens is 218 g/mol. The first-order valence-electron chi connectivity index (χ1n) is 5.60. The first-order valence-corrected chi connectivity index (χ1v) is 6.37. The Morgan fingerprint density at radius 1 is 1.44 bits per heavy atom. The predicted octanol–water partition coefficient (Wildman–Crippen LogP) is 2.22. The zero-order chi connectivity index (χ0) is 11.2. The van der Waals surface area contributed by atoms with Crippen LogP contribution in [0, 0.1) is 0 Å². The number of fused-ring (bicyclic) bond motifs is 1. The van der Waals surface area contributed by atoms with Crippen molar-refractivity contribution in [2.24, 2.45) is 5.73 Å². The maximum atomic E-state index is 6.19. The van der Waals surface area contributed by atoms with Crippen LogP contribution in [0.5, 0.6) is 0 Å². The van der Waals surface area contributed by atoms with Crippen molar-refractivity contribution in [2.75, 3.05) is 18.0 Å². The lowest BCUT2D eigenvalue weighted by molar-refractivity contribution is 0.324. The van der Waals surface area contributed by atoms with Gasteiger partial charge in [0.2, 0.25) is 0 Å². The molecule has 1 aromatic carbocycles. The molecule has 0 spiro atoms. The van der Waals surface area contributed by atoms with E-state index in [-0.39, 0.29) is 5.54 Å². The van der Waals surface area contributed by atoms with E-state index in [1.807, 2.05) is 6.07 Å². The first kappa shape index (κ1) is 10.1. The van der Waals surface area contributed by atoms with E-state index in [2.05, 4.69) is 34.4 Å². The summed E-state index contributed by atoms with van der Waals surface area (Å²) in [5.74, 6) is 0. The molecular formula is C12H15N3S. The lowest BCUT2D eigenvalue weighted by Crippen LogP contribution is -2.67. The number of hydrogen-bond acceptors (Lipinski definition) is 4. The van der Waals surface area contributed by atoms with E-state index < -0.39 is 0 Å². The summed E-state index contributed by atoms with van der Waals surface area (Å²) in [6, 6.07) is 8.29. The van der Waals surface area contributed by atoms with Crippen molar-refractivity contribution in [3.8, 4) is 0 Å². The average molecular weight is 233 g/mol. The second-order valence-electron chi connectivity index (χ2n) is 4.58. The minimum atomic E-state index is 0.0189. The van der Waals surface area contributed by atoms with E-state index in [0.29, 0.717) is 0 Å². The van der Waals surface area contributed by atoms with Gasteiger partial charge < -0.3 is 10.6 Å².